The van der Waals surface area contributed by atoms with Crippen molar-refractivity contribution in [1.82, 2.24) is 5.32 Å². The van der Waals surface area contributed by atoms with Gasteiger partial charge in [-0.1, -0.05) is 49.1 Å². The second-order valence-corrected chi connectivity index (χ2v) is 5.40. The SMILES string of the molecule is CCOC(=O)/C=C(\C)OC(C#CC(C)NCc1ccccc1)CC. The van der Waals surface area contributed by atoms with Crippen LogP contribution in [0, 0.1) is 11.8 Å². The molecule has 2 atom stereocenters. The molecule has 0 saturated heterocycles. The summed E-state index contributed by atoms with van der Waals surface area (Å²) in [5.41, 5.74) is 1.22. The number of hydrogen-bond donors (Lipinski definition) is 1. The van der Waals surface area contributed by atoms with Gasteiger partial charge in [0.2, 0.25) is 0 Å². The number of allylic oxidation sites excluding steroid dienone is 1. The van der Waals surface area contributed by atoms with E-state index in [0.717, 1.165) is 13.0 Å². The molecular formula is C20H27NO3. The first-order chi connectivity index (χ1) is 11.5. The molecule has 0 saturated carbocycles. The molecule has 0 aliphatic carbocycles. The van der Waals surface area contributed by atoms with E-state index in [1.807, 2.05) is 32.0 Å². The Morgan fingerprint density at radius 1 is 1.25 bits per heavy atom. The molecule has 0 aliphatic rings. The van der Waals surface area contributed by atoms with Crippen LogP contribution in [0.25, 0.3) is 0 Å². The number of ether oxygens (including phenoxy) is 2. The van der Waals surface area contributed by atoms with E-state index in [9.17, 15) is 4.79 Å². The van der Waals surface area contributed by atoms with Crippen LogP contribution in [0.15, 0.2) is 42.2 Å². The van der Waals surface area contributed by atoms with Gasteiger partial charge in [0.1, 0.15) is 5.76 Å². The van der Waals surface area contributed by atoms with Gasteiger partial charge in [0.25, 0.3) is 0 Å². The summed E-state index contributed by atoms with van der Waals surface area (Å²) in [7, 11) is 0. The Morgan fingerprint density at radius 3 is 2.58 bits per heavy atom. The van der Waals surface area contributed by atoms with Crippen LogP contribution in [0.4, 0.5) is 0 Å². The number of benzene rings is 1. The molecule has 2 unspecified atom stereocenters. The predicted molar refractivity (Wildman–Crippen MR) is 96.1 cm³/mol. The zero-order valence-corrected chi connectivity index (χ0v) is 15.0. The highest BCUT2D eigenvalue weighted by Gasteiger charge is 2.06. The van der Waals surface area contributed by atoms with Crippen molar-refractivity contribution in [3.63, 3.8) is 0 Å². The summed E-state index contributed by atoms with van der Waals surface area (Å²) in [5.74, 6) is 6.39. The molecule has 0 aromatic heterocycles. The number of hydrogen-bond acceptors (Lipinski definition) is 4. The van der Waals surface area contributed by atoms with Crippen molar-refractivity contribution >= 4 is 5.97 Å². The van der Waals surface area contributed by atoms with Crippen LogP contribution in [0.3, 0.4) is 0 Å². The molecule has 1 N–H and O–H groups in total. The molecule has 1 aromatic rings. The lowest BCUT2D eigenvalue weighted by Gasteiger charge is -2.13. The standard InChI is InChI=1S/C20H27NO3/c1-5-19(24-17(4)14-20(22)23-6-2)13-12-16(3)21-15-18-10-8-7-9-11-18/h7-11,14,16,19,21H,5-6,15H2,1-4H3/b17-14+. The van der Waals surface area contributed by atoms with Gasteiger partial charge in [-0.3, -0.25) is 5.32 Å². The summed E-state index contributed by atoms with van der Waals surface area (Å²) in [6.45, 7) is 8.65. The van der Waals surface area contributed by atoms with E-state index in [2.05, 4.69) is 29.3 Å². The maximum Gasteiger partial charge on any atom is 0.334 e. The molecule has 24 heavy (non-hydrogen) atoms. The summed E-state index contributed by atoms with van der Waals surface area (Å²) in [5, 5.41) is 3.36. The van der Waals surface area contributed by atoms with Gasteiger partial charge in [0.05, 0.1) is 18.7 Å². The summed E-state index contributed by atoms with van der Waals surface area (Å²) in [6, 6.07) is 10.3. The minimum Gasteiger partial charge on any atom is -0.482 e. The third-order valence-electron chi connectivity index (χ3n) is 3.22. The molecular weight excluding hydrogens is 302 g/mol. The van der Waals surface area contributed by atoms with Crippen LogP contribution < -0.4 is 5.32 Å². The lowest BCUT2D eigenvalue weighted by atomic mass is 10.2. The highest BCUT2D eigenvalue weighted by atomic mass is 16.5. The van der Waals surface area contributed by atoms with E-state index in [0.29, 0.717) is 12.4 Å². The third kappa shape index (κ3) is 8.40. The Bertz CT molecular complexity index is 584. The van der Waals surface area contributed by atoms with Crippen LogP contribution >= 0.6 is 0 Å². The second-order valence-electron chi connectivity index (χ2n) is 5.40. The average molecular weight is 329 g/mol. The van der Waals surface area contributed by atoms with Crippen molar-refractivity contribution in [2.45, 2.75) is 52.8 Å². The topological polar surface area (TPSA) is 47.6 Å². The number of carbonyl (C=O) groups excluding carboxylic acids is 1. The van der Waals surface area contributed by atoms with Gasteiger partial charge in [-0.05, 0) is 32.8 Å². The number of rotatable bonds is 8. The molecule has 0 aliphatic heterocycles. The van der Waals surface area contributed by atoms with Crippen LogP contribution in [0.2, 0.25) is 0 Å². The Morgan fingerprint density at radius 2 is 1.96 bits per heavy atom. The van der Waals surface area contributed by atoms with E-state index in [1.54, 1.807) is 13.8 Å². The quantitative estimate of drug-likeness (QED) is 0.343. The number of carbonyl (C=O) groups is 1. The highest BCUT2D eigenvalue weighted by Crippen LogP contribution is 2.05. The summed E-state index contributed by atoms with van der Waals surface area (Å²) in [4.78, 5) is 11.4. The van der Waals surface area contributed by atoms with Gasteiger partial charge in [-0.15, -0.1) is 0 Å². The molecule has 0 heterocycles. The van der Waals surface area contributed by atoms with E-state index in [1.165, 1.54) is 11.6 Å². The van der Waals surface area contributed by atoms with E-state index < -0.39 is 5.97 Å². The lowest BCUT2D eigenvalue weighted by molar-refractivity contribution is -0.137. The van der Waals surface area contributed by atoms with Gasteiger partial charge < -0.3 is 9.47 Å². The third-order valence-corrected chi connectivity index (χ3v) is 3.22. The van der Waals surface area contributed by atoms with Crippen molar-refractivity contribution in [1.29, 1.82) is 0 Å². The van der Waals surface area contributed by atoms with E-state index in [4.69, 9.17) is 9.47 Å². The molecule has 0 bridgehead atoms. The molecule has 0 spiro atoms. The Hall–Kier alpha value is -2.25. The Labute approximate surface area is 145 Å². The summed E-state index contributed by atoms with van der Waals surface area (Å²) >= 11 is 0. The first kappa shape index (κ1) is 19.8. The molecule has 1 rings (SSSR count). The molecule has 4 heteroatoms. The predicted octanol–water partition coefficient (Wildman–Crippen LogP) is 3.43. The first-order valence-electron chi connectivity index (χ1n) is 8.35. The summed E-state index contributed by atoms with van der Waals surface area (Å²) < 4.78 is 10.5. The minimum atomic E-state index is -0.393. The molecule has 4 nitrogen and oxygen atoms in total. The van der Waals surface area contributed by atoms with E-state index >= 15 is 0 Å². The van der Waals surface area contributed by atoms with Crippen molar-refractivity contribution in [2.24, 2.45) is 0 Å². The van der Waals surface area contributed by atoms with Gasteiger partial charge in [0.15, 0.2) is 6.10 Å². The first-order valence-corrected chi connectivity index (χ1v) is 8.35. The van der Waals surface area contributed by atoms with Gasteiger partial charge in [0, 0.05) is 6.54 Å². The largest absolute Gasteiger partial charge is 0.482 e. The zero-order valence-electron chi connectivity index (χ0n) is 15.0. The van der Waals surface area contributed by atoms with Crippen LogP contribution in [0.5, 0.6) is 0 Å². The number of esters is 1. The maximum atomic E-state index is 11.4. The fourth-order valence-corrected chi connectivity index (χ4v) is 1.96. The van der Waals surface area contributed by atoms with Crippen molar-refractivity contribution in [2.75, 3.05) is 6.61 Å². The smallest absolute Gasteiger partial charge is 0.334 e. The second kappa shape index (κ2) is 11.3. The minimum absolute atomic E-state index is 0.0530. The van der Waals surface area contributed by atoms with Gasteiger partial charge in [-0.2, -0.15) is 0 Å². The Kier molecular flexibility index (Phi) is 9.33. The fraction of sp³-hybridized carbons (Fsp3) is 0.450. The molecule has 130 valence electrons. The van der Waals surface area contributed by atoms with Gasteiger partial charge in [-0.25, -0.2) is 4.79 Å². The van der Waals surface area contributed by atoms with Crippen LogP contribution in [-0.2, 0) is 20.8 Å². The van der Waals surface area contributed by atoms with Crippen LogP contribution in [-0.4, -0.2) is 24.7 Å². The molecule has 0 amide bonds. The van der Waals surface area contributed by atoms with Crippen molar-refractivity contribution in [3.05, 3.63) is 47.7 Å². The zero-order chi connectivity index (χ0) is 17.8. The molecule has 0 radical (unpaired) electrons. The monoisotopic (exact) mass is 329 g/mol. The normalized spacial score (nSPS) is 13.4. The lowest BCUT2D eigenvalue weighted by Crippen LogP contribution is -2.24. The molecule has 0 fully saturated rings. The molecule has 1 aromatic carbocycles. The van der Waals surface area contributed by atoms with Crippen molar-refractivity contribution < 1.29 is 14.3 Å². The van der Waals surface area contributed by atoms with Crippen molar-refractivity contribution in [3.8, 4) is 11.8 Å². The van der Waals surface area contributed by atoms with Crippen LogP contribution in [0.1, 0.15) is 39.7 Å². The fourth-order valence-electron chi connectivity index (χ4n) is 1.96. The Balaban J connectivity index is 2.49. The van der Waals surface area contributed by atoms with Gasteiger partial charge >= 0.3 is 5.97 Å². The summed E-state index contributed by atoms with van der Waals surface area (Å²) in [6.07, 6.45) is 1.86. The van der Waals surface area contributed by atoms with E-state index in [-0.39, 0.29) is 12.1 Å². The highest BCUT2D eigenvalue weighted by molar-refractivity contribution is 5.82. The number of nitrogens with one attached hydrogen (secondary N) is 1. The maximum absolute atomic E-state index is 11.4. The average Bonchev–Trinajstić information content (AvgIpc) is 2.57.